The zero-order chi connectivity index (χ0) is 13.1. The van der Waals surface area contributed by atoms with Crippen LogP contribution < -0.4 is 0 Å². The Labute approximate surface area is 111 Å². The average molecular weight is 267 g/mol. The average Bonchev–Trinajstić information content (AvgIpc) is 2.38. The molecule has 0 bridgehead atoms. The van der Waals surface area contributed by atoms with E-state index in [4.69, 9.17) is 11.6 Å². The monoisotopic (exact) mass is 266 g/mol. The molecule has 0 unspecified atom stereocenters. The number of hydrogen-bond donors (Lipinski definition) is 1. The van der Waals surface area contributed by atoms with Crippen molar-refractivity contribution < 1.29 is 14.7 Å². The van der Waals surface area contributed by atoms with E-state index in [1.807, 2.05) is 0 Å². The Morgan fingerprint density at radius 1 is 1.17 bits per heavy atom. The van der Waals surface area contributed by atoms with Gasteiger partial charge in [0.2, 0.25) is 0 Å². The summed E-state index contributed by atoms with van der Waals surface area (Å²) in [4.78, 5) is 23.5. The van der Waals surface area contributed by atoms with E-state index in [0.29, 0.717) is 23.4 Å². The molecule has 18 heavy (non-hydrogen) atoms. The highest BCUT2D eigenvalue weighted by Gasteiger charge is 2.35. The molecule has 1 fully saturated rings. The van der Waals surface area contributed by atoms with Crippen molar-refractivity contribution in [2.24, 2.45) is 11.8 Å². The molecule has 2 atom stereocenters. The minimum Gasteiger partial charge on any atom is -0.481 e. The molecule has 1 aliphatic carbocycles. The van der Waals surface area contributed by atoms with Crippen LogP contribution in [0.4, 0.5) is 0 Å². The van der Waals surface area contributed by atoms with Gasteiger partial charge in [-0.2, -0.15) is 0 Å². The number of halogens is 1. The van der Waals surface area contributed by atoms with Gasteiger partial charge in [0, 0.05) is 16.5 Å². The fourth-order valence-electron chi connectivity index (χ4n) is 2.60. The van der Waals surface area contributed by atoms with Gasteiger partial charge in [0.05, 0.1) is 5.92 Å². The lowest BCUT2D eigenvalue weighted by atomic mass is 9.75. The van der Waals surface area contributed by atoms with Crippen LogP contribution in [0.25, 0.3) is 0 Å². The smallest absolute Gasteiger partial charge is 0.307 e. The topological polar surface area (TPSA) is 54.4 Å². The number of rotatable bonds is 3. The normalized spacial score (nSPS) is 23.6. The Hall–Kier alpha value is -1.35. The second-order valence-corrected chi connectivity index (χ2v) is 5.15. The summed E-state index contributed by atoms with van der Waals surface area (Å²) in [5.74, 6) is -1.92. The second-order valence-electron chi connectivity index (χ2n) is 4.71. The Morgan fingerprint density at radius 2 is 1.83 bits per heavy atom. The van der Waals surface area contributed by atoms with Gasteiger partial charge in [0.15, 0.2) is 5.78 Å². The van der Waals surface area contributed by atoms with Crippen molar-refractivity contribution in [1.29, 1.82) is 0 Å². The van der Waals surface area contributed by atoms with Crippen molar-refractivity contribution in [3.05, 3.63) is 34.9 Å². The molecule has 1 N–H and O–H groups in total. The minimum absolute atomic E-state index is 0.0930. The molecule has 0 spiro atoms. The molecule has 2 rings (SSSR count). The number of ketones is 1. The van der Waals surface area contributed by atoms with Crippen LogP contribution in [-0.2, 0) is 4.79 Å². The number of carbonyl (C=O) groups excluding carboxylic acids is 1. The maximum absolute atomic E-state index is 12.3. The van der Waals surface area contributed by atoms with Gasteiger partial charge in [-0.1, -0.05) is 36.6 Å². The van der Waals surface area contributed by atoms with Crippen molar-refractivity contribution in [3.8, 4) is 0 Å². The summed E-state index contributed by atoms with van der Waals surface area (Å²) >= 11 is 5.86. The molecule has 0 amide bonds. The lowest BCUT2D eigenvalue weighted by molar-refractivity contribution is -0.144. The first-order valence-corrected chi connectivity index (χ1v) is 6.50. The van der Waals surface area contributed by atoms with Gasteiger partial charge in [0.1, 0.15) is 0 Å². The Kier molecular flexibility index (Phi) is 4.02. The molecular formula is C14H15ClO3. The highest BCUT2D eigenvalue weighted by molar-refractivity contribution is 6.31. The highest BCUT2D eigenvalue weighted by Crippen LogP contribution is 2.33. The number of carboxylic acids is 1. The molecule has 1 aromatic rings. The Morgan fingerprint density at radius 3 is 2.44 bits per heavy atom. The van der Waals surface area contributed by atoms with E-state index in [9.17, 15) is 14.7 Å². The zero-order valence-electron chi connectivity index (χ0n) is 9.93. The molecule has 96 valence electrons. The number of carbonyl (C=O) groups is 2. The first kappa shape index (κ1) is 13.1. The Bertz CT molecular complexity index is 470. The molecular weight excluding hydrogens is 252 g/mol. The minimum atomic E-state index is -0.866. The summed E-state index contributed by atoms with van der Waals surface area (Å²) in [6.45, 7) is 0. The maximum atomic E-state index is 12.3. The fraction of sp³-hybridized carbons (Fsp3) is 0.429. The lowest BCUT2D eigenvalue weighted by Gasteiger charge is -2.27. The van der Waals surface area contributed by atoms with Crippen molar-refractivity contribution in [2.45, 2.75) is 25.7 Å². The van der Waals surface area contributed by atoms with Crippen LogP contribution in [0.1, 0.15) is 36.0 Å². The number of Topliss-reactive ketones (excluding diaryl/α,β-unsaturated/α-hetero) is 1. The van der Waals surface area contributed by atoms with Crippen molar-refractivity contribution in [2.75, 3.05) is 0 Å². The largest absolute Gasteiger partial charge is 0.481 e. The molecule has 1 aromatic carbocycles. The summed E-state index contributed by atoms with van der Waals surface area (Å²) in [5.41, 5.74) is 0.514. The van der Waals surface area contributed by atoms with Crippen LogP contribution >= 0.6 is 11.6 Å². The molecule has 0 radical (unpaired) electrons. The summed E-state index contributed by atoms with van der Waals surface area (Å²) < 4.78 is 0. The van der Waals surface area contributed by atoms with Crippen molar-refractivity contribution >= 4 is 23.4 Å². The predicted octanol–water partition coefficient (Wildman–Crippen LogP) is 3.41. The third-order valence-corrected chi connectivity index (χ3v) is 3.76. The van der Waals surface area contributed by atoms with Gasteiger partial charge in [-0.3, -0.25) is 9.59 Å². The third kappa shape index (κ3) is 2.72. The summed E-state index contributed by atoms with van der Waals surface area (Å²) in [5, 5.41) is 9.68. The van der Waals surface area contributed by atoms with Crippen LogP contribution in [0.15, 0.2) is 24.3 Å². The quantitative estimate of drug-likeness (QED) is 0.853. The van der Waals surface area contributed by atoms with E-state index >= 15 is 0 Å². The van der Waals surface area contributed by atoms with Gasteiger partial charge < -0.3 is 5.11 Å². The number of hydrogen-bond acceptors (Lipinski definition) is 2. The van der Waals surface area contributed by atoms with E-state index in [2.05, 4.69) is 0 Å². The van der Waals surface area contributed by atoms with Gasteiger partial charge in [-0.05, 0) is 25.0 Å². The van der Waals surface area contributed by atoms with Gasteiger partial charge in [-0.15, -0.1) is 0 Å². The first-order chi connectivity index (χ1) is 8.59. The summed E-state index contributed by atoms with van der Waals surface area (Å²) in [7, 11) is 0. The molecule has 3 nitrogen and oxygen atoms in total. The molecule has 0 aliphatic heterocycles. The number of benzene rings is 1. The lowest BCUT2D eigenvalue weighted by Crippen LogP contribution is -2.32. The van der Waals surface area contributed by atoms with Gasteiger partial charge in [-0.25, -0.2) is 0 Å². The summed E-state index contributed by atoms with van der Waals surface area (Å²) in [6, 6.07) is 6.72. The Balaban J connectivity index is 2.23. The van der Waals surface area contributed by atoms with Crippen LogP contribution in [0.3, 0.4) is 0 Å². The first-order valence-electron chi connectivity index (χ1n) is 6.12. The molecule has 1 aliphatic rings. The molecule has 1 saturated carbocycles. The van der Waals surface area contributed by atoms with Crippen molar-refractivity contribution in [3.63, 3.8) is 0 Å². The van der Waals surface area contributed by atoms with E-state index in [-0.39, 0.29) is 5.78 Å². The molecule has 0 saturated heterocycles. The third-order valence-electron chi connectivity index (χ3n) is 3.53. The second kappa shape index (κ2) is 5.53. The summed E-state index contributed by atoms with van der Waals surface area (Å²) in [6.07, 6.45) is 3.05. The highest BCUT2D eigenvalue weighted by atomic mass is 35.5. The predicted molar refractivity (Wildman–Crippen MR) is 68.9 cm³/mol. The van der Waals surface area contributed by atoms with Gasteiger partial charge in [0.25, 0.3) is 0 Å². The maximum Gasteiger partial charge on any atom is 0.307 e. The van der Waals surface area contributed by atoms with Crippen LogP contribution in [0.2, 0.25) is 5.02 Å². The van der Waals surface area contributed by atoms with E-state index in [0.717, 1.165) is 12.8 Å². The van der Waals surface area contributed by atoms with E-state index < -0.39 is 17.8 Å². The van der Waals surface area contributed by atoms with Crippen LogP contribution in [0, 0.1) is 11.8 Å². The number of aliphatic carboxylic acids is 1. The van der Waals surface area contributed by atoms with Crippen molar-refractivity contribution in [1.82, 2.24) is 0 Å². The van der Waals surface area contributed by atoms with Gasteiger partial charge >= 0.3 is 5.97 Å². The molecule has 0 aromatic heterocycles. The number of carboxylic acid groups (broad SMARTS) is 1. The molecule has 0 heterocycles. The SMILES string of the molecule is O=C(O)[C@H]1CCCC[C@@H]1C(=O)c1cccc(Cl)c1. The fourth-order valence-corrected chi connectivity index (χ4v) is 2.79. The van der Waals surface area contributed by atoms with E-state index in [1.54, 1.807) is 24.3 Å². The standard InChI is InChI=1S/C14H15ClO3/c15-10-5-3-4-9(8-10)13(16)11-6-1-2-7-12(11)14(17)18/h3-5,8,11-12H,1-2,6-7H2,(H,17,18)/t11-,12-/m0/s1. The van der Waals surface area contributed by atoms with Crippen LogP contribution in [-0.4, -0.2) is 16.9 Å². The molecule has 4 heteroatoms. The van der Waals surface area contributed by atoms with Crippen LogP contribution in [0.5, 0.6) is 0 Å². The zero-order valence-corrected chi connectivity index (χ0v) is 10.7. The van der Waals surface area contributed by atoms with E-state index in [1.165, 1.54) is 0 Å².